The summed E-state index contributed by atoms with van der Waals surface area (Å²) in [6, 6.07) is 3.46. The van der Waals surface area contributed by atoms with Gasteiger partial charge in [-0.3, -0.25) is 0 Å². The molecule has 0 amide bonds. The maximum absolute atomic E-state index is 8.98. The van der Waals surface area contributed by atoms with E-state index in [1.54, 1.807) is 32.3 Å². The molecule has 0 bridgehead atoms. The first-order chi connectivity index (χ1) is 5.72. The molecule has 5 heteroatoms. The minimum atomic E-state index is -0.607. The van der Waals surface area contributed by atoms with Gasteiger partial charge in [-0.1, -0.05) is 0 Å². The Morgan fingerprint density at radius 1 is 1.67 bits per heavy atom. The molecule has 0 saturated carbocycles. The van der Waals surface area contributed by atoms with E-state index in [1.807, 2.05) is 0 Å². The van der Waals surface area contributed by atoms with Crippen molar-refractivity contribution in [2.45, 2.75) is 6.82 Å². The lowest BCUT2D eigenvalue weighted by Crippen LogP contribution is -2.20. The molecule has 0 unspecified atom stereocenters. The van der Waals surface area contributed by atoms with E-state index in [9.17, 15) is 0 Å². The molecule has 0 saturated heterocycles. The van der Waals surface area contributed by atoms with Crippen molar-refractivity contribution in [2.24, 2.45) is 0 Å². The highest BCUT2D eigenvalue weighted by Gasteiger charge is 2.03. The van der Waals surface area contributed by atoms with Gasteiger partial charge in [0.05, 0.1) is 7.11 Å². The van der Waals surface area contributed by atoms with Gasteiger partial charge in [0.2, 0.25) is 0 Å². The Morgan fingerprint density at radius 3 is 3.00 bits per heavy atom. The SMILES string of the molecule is COc1ccnc(NB(C)O)c1. The predicted molar refractivity (Wildman–Crippen MR) is 48.2 cm³/mol. The number of nitrogens with zero attached hydrogens (tertiary/aromatic N) is 1. The standard InChI is InChI=1S/C7H11BN2O2/c1-8(11)10-7-5-6(12-2)3-4-9-7/h3-5,11H,1-2H3,(H,9,10). The molecule has 1 rings (SSSR count). The van der Waals surface area contributed by atoms with E-state index >= 15 is 0 Å². The maximum Gasteiger partial charge on any atom is 0.408 e. The van der Waals surface area contributed by atoms with Gasteiger partial charge in [-0.15, -0.1) is 0 Å². The highest BCUT2D eigenvalue weighted by molar-refractivity contribution is 6.52. The van der Waals surface area contributed by atoms with E-state index < -0.39 is 7.05 Å². The molecule has 1 aromatic heterocycles. The predicted octanol–water partition coefficient (Wildman–Crippen LogP) is 0.612. The van der Waals surface area contributed by atoms with E-state index in [4.69, 9.17) is 9.76 Å². The Morgan fingerprint density at radius 2 is 2.42 bits per heavy atom. The Bertz CT molecular complexity index is 255. The van der Waals surface area contributed by atoms with Crippen molar-refractivity contribution in [3.63, 3.8) is 0 Å². The Balaban J connectivity index is 2.72. The minimum Gasteiger partial charge on any atom is -0.497 e. The summed E-state index contributed by atoms with van der Waals surface area (Å²) in [4.78, 5) is 3.98. The van der Waals surface area contributed by atoms with Crippen molar-refractivity contribution < 1.29 is 9.76 Å². The third-order valence-electron chi connectivity index (χ3n) is 1.32. The Labute approximate surface area is 71.7 Å². The number of methoxy groups -OCH3 is 1. The molecule has 0 fully saturated rings. The molecule has 0 aliphatic carbocycles. The largest absolute Gasteiger partial charge is 0.497 e. The van der Waals surface area contributed by atoms with Gasteiger partial charge >= 0.3 is 7.05 Å². The number of hydrogen-bond acceptors (Lipinski definition) is 4. The number of rotatable bonds is 3. The van der Waals surface area contributed by atoms with Gasteiger partial charge in [-0.25, -0.2) is 4.98 Å². The molecule has 64 valence electrons. The van der Waals surface area contributed by atoms with Crippen molar-refractivity contribution in [3.05, 3.63) is 18.3 Å². The number of anilines is 1. The number of aromatic nitrogens is 1. The quantitative estimate of drug-likeness (QED) is 0.646. The smallest absolute Gasteiger partial charge is 0.408 e. The van der Waals surface area contributed by atoms with Gasteiger partial charge in [0, 0.05) is 12.3 Å². The van der Waals surface area contributed by atoms with E-state index in [0.29, 0.717) is 11.6 Å². The van der Waals surface area contributed by atoms with E-state index in [-0.39, 0.29) is 0 Å². The van der Waals surface area contributed by atoms with Crippen LogP contribution in [-0.4, -0.2) is 24.2 Å². The molecule has 12 heavy (non-hydrogen) atoms. The average molecular weight is 166 g/mol. The van der Waals surface area contributed by atoms with Crippen LogP contribution in [0.15, 0.2) is 18.3 Å². The first-order valence-corrected chi connectivity index (χ1v) is 3.67. The fourth-order valence-corrected chi connectivity index (χ4v) is 0.831. The van der Waals surface area contributed by atoms with Crippen molar-refractivity contribution in [1.82, 2.24) is 4.98 Å². The minimum absolute atomic E-state index is 0.601. The summed E-state index contributed by atoms with van der Waals surface area (Å²) in [5.41, 5.74) is 0. The van der Waals surface area contributed by atoms with E-state index in [1.165, 1.54) is 0 Å². The first kappa shape index (κ1) is 8.87. The molecule has 0 atom stereocenters. The van der Waals surface area contributed by atoms with Crippen LogP contribution in [0.4, 0.5) is 5.82 Å². The maximum atomic E-state index is 8.98. The molecule has 4 nitrogen and oxygen atoms in total. The summed E-state index contributed by atoms with van der Waals surface area (Å²) < 4.78 is 4.97. The molecule has 0 spiro atoms. The molecule has 2 N–H and O–H groups in total. The summed E-state index contributed by atoms with van der Waals surface area (Å²) in [6.07, 6.45) is 1.61. The normalized spacial score (nSPS) is 9.25. The third-order valence-corrected chi connectivity index (χ3v) is 1.32. The summed E-state index contributed by atoms with van der Waals surface area (Å²) in [7, 11) is 0.978. The Kier molecular flexibility index (Phi) is 2.93. The van der Waals surface area contributed by atoms with Gasteiger partial charge in [0.15, 0.2) is 0 Å². The molecule has 0 radical (unpaired) electrons. The lowest BCUT2D eigenvalue weighted by Gasteiger charge is -2.05. The van der Waals surface area contributed by atoms with Gasteiger partial charge in [-0.05, 0) is 12.9 Å². The van der Waals surface area contributed by atoms with Crippen LogP contribution < -0.4 is 9.96 Å². The zero-order valence-electron chi connectivity index (χ0n) is 7.11. The number of ether oxygens (including phenoxy) is 1. The molecule has 1 heterocycles. The summed E-state index contributed by atoms with van der Waals surface area (Å²) in [5, 5.41) is 11.7. The number of nitrogens with one attached hydrogen (secondary N) is 1. The second-order valence-corrected chi connectivity index (χ2v) is 2.40. The van der Waals surface area contributed by atoms with Gasteiger partial charge < -0.3 is 15.0 Å². The van der Waals surface area contributed by atoms with Crippen LogP contribution in [0.25, 0.3) is 0 Å². The lowest BCUT2D eigenvalue weighted by molar-refractivity contribution is 0.414. The van der Waals surface area contributed by atoms with Crippen LogP contribution in [0.1, 0.15) is 0 Å². The number of hydrogen-bond donors (Lipinski definition) is 2. The molecular weight excluding hydrogens is 155 g/mol. The van der Waals surface area contributed by atoms with Crippen LogP contribution >= 0.6 is 0 Å². The van der Waals surface area contributed by atoms with Crippen LogP contribution in [-0.2, 0) is 0 Å². The van der Waals surface area contributed by atoms with Gasteiger partial charge in [-0.2, -0.15) is 0 Å². The van der Waals surface area contributed by atoms with Crippen LogP contribution in [0.3, 0.4) is 0 Å². The van der Waals surface area contributed by atoms with Crippen LogP contribution in [0, 0.1) is 0 Å². The average Bonchev–Trinajstić information content (AvgIpc) is 2.03. The number of pyridine rings is 1. The first-order valence-electron chi connectivity index (χ1n) is 3.67. The van der Waals surface area contributed by atoms with Crippen molar-refractivity contribution in [1.29, 1.82) is 0 Å². The summed E-state index contributed by atoms with van der Waals surface area (Å²) >= 11 is 0. The van der Waals surface area contributed by atoms with Crippen LogP contribution in [0.5, 0.6) is 5.75 Å². The third kappa shape index (κ3) is 2.43. The van der Waals surface area contributed by atoms with Gasteiger partial charge in [0.25, 0.3) is 0 Å². The molecule has 0 aliphatic heterocycles. The molecule has 1 aromatic rings. The topological polar surface area (TPSA) is 54.4 Å². The van der Waals surface area contributed by atoms with Crippen molar-refractivity contribution in [3.8, 4) is 5.75 Å². The van der Waals surface area contributed by atoms with E-state index in [2.05, 4.69) is 10.2 Å². The summed E-state index contributed by atoms with van der Waals surface area (Å²) in [5.74, 6) is 1.32. The van der Waals surface area contributed by atoms with Crippen molar-refractivity contribution in [2.75, 3.05) is 12.3 Å². The highest BCUT2D eigenvalue weighted by atomic mass is 16.5. The molecular formula is C7H11BN2O2. The second-order valence-electron chi connectivity index (χ2n) is 2.40. The molecule has 0 aliphatic rings. The summed E-state index contributed by atoms with van der Waals surface area (Å²) in [6.45, 7) is 1.63. The van der Waals surface area contributed by atoms with E-state index in [0.717, 1.165) is 0 Å². The monoisotopic (exact) mass is 166 g/mol. The Hall–Kier alpha value is -1.23. The molecule has 0 aromatic carbocycles. The zero-order chi connectivity index (χ0) is 8.97. The highest BCUT2D eigenvalue weighted by Crippen LogP contribution is 2.13. The fourth-order valence-electron chi connectivity index (χ4n) is 0.831. The second kappa shape index (κ2) is 3.97. The lowest BCUT2D eigenvalue weighted by atomic mass is 9.89. The van der Waals surface area contributed by atoms with Gasteiger partial charge in [0.1, 0.15) is 11.6 Å². The zero-order valence-corrected chi connectivity index (χ0v) is 7.11. The van der Waals surface area contributed by atoms with Crippen LogP contribution in [0.2, 0.25) is 6.82 Å². The fraction of sp³-hybridized carbons (Fsp3) is 0.286. The van der Waals surface area contributed by atoms with Crippen molar-refractivity contribution >= 4 is 12.9 Å².